The smallest absolute Gasteiger partial charge is 0.0915 e. The molecule has 0 heterocycles. The van der Waals surface area contributed by atoms with E-state index in [0.717, 1.165) is 12.8 Å². The average Bonchev–Trinajstić information content (AvgIpc) is 2.32. The van der Waals surface area contributed by atoms with E-state index >= 15 is 0 Å². The second-order valence-electron chi connectivity index (χ2n) is 7.51. The molecular weight excluding hydrogens is 256 g/mol. The van der Waals surface area contributed by atoms with Crippen LogP contribution in [-0.4, -0.2) is 11.2 Å². The molecule has 2 unspecified atom stereocenters. The molecule has 0 saturated carbocycles. The van der Waals surface area contributed by atoms with Crippen molar-refractivity contribution in [3.05, 3.63) is 45.6 Å². The highest BCUT2D eigenvalue weighted by Gasteiger charge is 2.41. The number of rotatable bonds is 2. The Morgan fingerprint density at radius 3 is 1.38 bits per heavy atom. The molecule has 0 aromatic carbocycles. The molecule has 0 fully saturated rings. The normalized spacial score (nSPS) is 34.1. The minimum Gasteiger partial charge on any atom is -0.360 e. The van der Waals surface area contributed by atoms with Gasteiger partial charge in [-0.05, 0) is 77.7 Å². The average molecular weight is 286 g/mol. The van der Waals surface area contributed by atoms with E-state index in [1.54, 1.807) is 0 Å². The molecule has 2 aliphatic carbocycles. The summed E-state index contributed by atoms with van der Waals surface area (Å²) in [5.41, 5.74) is 7.86. The zero-order chi connectivity index (χ0) is 16.0. The van der Waals surface area contributed by atoms with Crippen LogP contribution in [0.3, 0.4) is 0 Å². The van der Waals surface area contributed by atoms with E-state index in [1.807, 2.05) is 0 Å². The quantitative estimate of drug-likeness (QED) is 0.614. The first-order valence-electron chi connectivity index (χ1n) is 7.98. The van der Waals surface area contributed by atoms with Crippen molar-refractivity contribution in [2.24, 2.45) is 0 Å². The molecular formula is C20H30O. The molecule has 0 amide bonds. The number of ether oxygens (including phenoxy) is 1. The molecule has 0 spiro atoms. The van der Waals surface area contributed by atoms with Crippen molar-refractivity contribution in [3.8, 4) is 0 Å². The van der Waals surface area contributed by atoms with Crippen LogP contribution in [0, 0.1) is 0 Å². The standard InChI is InChI=1S/C20H30O/c1-13-9-15(3)17(5)19(7,11-13)21-20(8)12-14(2)10-16(4)18(20)6/h9-10H,11-12H2,1-8H3. The van der Waals surface area contributed by atoms with Gasteiger partial charge in [0, 0.05) is 12.8 Å². The predicted molar refractivity (Wildman–Crippen MR) is 91.4 cm³/mol. The van der Waals surface area contributed by atoms with Gasteiger partial charge < -0.3 is 4.74 Å². The summed E-state index contributed by atoms with van der Waals surface area (Å²) in [6, 6.07) is 0. The van der Waals surface area contributed by atoms with Crippen molar-refractivity contribution >= 4 is 0 Å². The third-order valence-electron chi connectivity index (χ3n) is 5.38. The molecule has 1 heteroatoms. The van der Waals surface area contributed by atoms with Crippen molar-refractivity contribution in [1.29, 1.82) is 0 Å². The van der Waals surface area contributed by atoms with Crippen LogP contribution >= 0.6 is 0 Å². The lowest BCUT2D eigenvalue weighted by molar-refractivity contribution is -0.102. The lowest BCUT2D eigenvalue weighted by atomic mass is 9.78. The first-order chi connectivity index (χ1) is 9.57. The van der Waals surface area contributed by atoms with Gasteiger partial charge in [-0.25, -0.2) is 0 Å². The van der Waals surface area contributed by atoms with Gasteiger partial charge in [0.1, 0.15) is 0 Å². The van der Waals surface area contributed by atoms with Crippen molar-refractivity contribution in [3.63, 3.8) is 0 Å². The molecule has 116 valence electrons. The van der Waals surface area contributed by atoms with Crippen molar-refractivity contribution in [2.45, 2.75) is 79.4 Å². The molecule has 0 N–H and O–H groups in total. The Kier molecular flexibility index (Phi) is 4.10. The molecule has 2 atom stereocenters. The third kappa shape index (κ3) is 2.94. The van der Waals surface area contributed by atoms with Gasteiger partial charge in [0.2, 0.25) is 0 Å². The fraction of sp³-hybridized carbons (Fsp3) is 0.600. The lowest BCUT2D eigenvalue weighted by Crippen LogP contribution is -2.45. The minimum atomic E-state index is -0.198. The van der Waals surface area contributed by atoms with E-state index in [4.69, 9.17) is 4.74 Å². The summed E-state index contributed by atoms with van der Waals surface area (Å²) < 4.78 is 6.82. The second kappa shape index (κ2) is 5.28. The maximum atomic E-state index is 6.82. The summed E-state index contributed by atoms with van der Waals surface area (Å²) in [5, 5.41) is 0. The van der Waals surface area contributed by atoms with Crippen LogP contribution in [0.5, 0.6) is 0 Å². The van der Waals surface area contributed by atoms with Crippen molar-refractivity contribution in [2.75, 3.05) is 0 Å². The second-order valence-corrected chi connectivity index (χ2v) is 7.51. The first-order valence-corrected chi connectivity index (χ1v) is 7.98. The van der Waals surface area contributed by atoms with E-state index in [2.05, 4.69) is 67.5 Å². The molecule has 0 aromatic heterocycles. The molecule has 0 aromatic rings. The minimum absolute atomic E-state index is 0.198. The Morgan fingerprint density at radius 1 is 0.714 bits per heavy atom. The van der Waals surface area contributed by atoms with E-state index in [9.17, 15) is 0 Å². The topological polar surface area (TPSA) is 9.23 Å². The highest BCUT2D eigenvalue weighted by molar-refractivity contribution is 5.40. The third-order valence-corrected chi connectivity index (χ3v) is 5.38. The Hall–Kier alpha value is -1.08. The Labute approximate surface area is 130 Å². The molecule has 0 aliphatic heterocycles. The number of allylic oxidation sites excluding steroid dienone is 4. The maximum absolute atomic E-state index is 6.82. The van der Waals surface area contributed by atoms with Crippen molar-refractivity contribution < 1.29 is 4.74 Å². The molecule has 0 radical (unpaired) electrons. The summed E-state index contributed by atoms with van der Waals surface area (Å²) in [5.74, 6) is 0. The molecule has 2 aliphatic rings. The van der Waals surface area contributed by atoms with E-state index in [0.29, 0.717) is 0 Å². The Morgan fingerprint density at radius 2 is 1.05 bits per heavy atom. The van der Waals surface area contributed by atoms with E-state index in [1.165, 1.54) is 33.4 Å². The first kappa shape index (κ1) is 16.3. The van der Waals surface area contributed by atoms with Crippen LogP contribution in [0.25, 0.3) is 0 Å². The summed E-state index contributed by atoms with van der Waals surface area (Å²) >= 11 is 0. The fourth-order valence-electron chi connectivity index (χ4n) is 3.94. The summed E-state index contributed by atoms with van der Waals surface area (Å²) in [7, 11) is 0. The predicted octanol–water partition coefficient (Wildman–Crippen LogP) is 5.89. The van der Waals surface area contributed by atoms with Crippen LogP contribution in [-0.2, 0) is 4.74 Å². The number of hydrogen-bond donors (Lipinski definition) is 0. The van der Waals surface area contributed by atoms with Gasteiger partial charge >= 0.3 is 0 Å². The highest BCUT2D eigenvalue weighted by atomic mass is 16.5. The van der Waals surface area contributed by atoms with Gasteiger partial charge in [-0.15, -0.1) is 0 Å². The van der Waals surface area contributed by atoms with Crippen molar-refractivity contribution in [1.82, 2.24) is 0 Å². The zero-order valence-corrected chi connectivity index (χ0v) is 15.0. The van der Waals surface area contributed by atoms with Crippen LogP contribution in [0.4, 0.5) is 0 Å². The van der Waals surface area contributed by atoms with Crippen LogP contribution in [0.15, 0.2) is 45.6 Å². The largest absolute Gasteiger partial charge is 0.360 e. The Bertz CT molecular complexity index is 533. The van der Waals surface area contributed by atoms with Crippen LogP contribution in [0.2, 0.25) is 0 Å². The van der Waals surface area contributed by atoms with E-state index < -0.39 is 0 Å². The lowest BCUT2D eigenvalue weighted by Gasteiger charge is -2.45. The Balaban J connectivity index is 2.38. The zero-order valence-electron chi connectivity index (χ0n) is 15.0. The van der Waals surface area contributed by atoms with Gasteiger partial charge in [0.05, 0.1) is 11.2 Å². The number of hydrogen-bond acceptors (Lipinski definition) is 1. The van der Waals surface area contributed by atoms with E-state index in [-0.39, 0.29) is 11.2 Å². The molecule has 1 nitrogen and oxygen atoms in total. The summed E-state index contributed by atoms with van der Waals surface area (Å²) in [6.07, 6.45) is 6.56. The molecule has 21 heavy (non-hydrogen) atoms. The van der Waals surface area contributed by atoms with Gasteiger partial charge in [-0.1, -0.05) is 23.3 Å². The molecule has 2 rings (SSSR count). The van der Waals surface area contributed by atoms with Crippen LogP contribution < -0.4 is 0 Å². The van der Waals surface area contributed by atoms with Gasteiger partial charge in [-0.2, -0.15) is 0 Å². The SMILES string of the molecule is CC1=CC(C)=C(C)C(C)(OC2(C)CC(C)=CC(C)=C2C)C1. The highest BCUT2D eigenvalue weighted by Crippen LogP contribution is 2.44. The van der Waals surface area contributed by atoms with Gasteiger partial charge in [-0.3, -0.25) is 0 Å². The maximum Gasteiger partial charge on any atom is 0.0915 e. The summed E-state index contributed by atoms with van der Waals surface area (Å²) in [4.78, 5) is 0. The monoisotopic (exact) mass is 286 g/mol. The fourth-order valence-corrected chi connectivity index (χ4v) is 3.94. The van der Waals surface area contributed by atoms with Gasteiger partial charge in [0.25, 0.3) is 0 Å². The molecule has 0 bridgehead atoms. The summed E-state index contributed by atoms with van der Waals surface area (Å²) in [6.45, 7) is 17.8. The van der Waals surface area contributed by atoms with Gasteiger partial charge in [0.15, 0.2) is 0 Å². The molecule has 0 saturated heterocycles. The van der Waals surface area contributed by atoms with Crippen LogP contribution in [0.1, 0.15) is 68.2 Å².